The van der Waals surface area contributed by atoms with E-state index in [1.165, 1.54) is 0 Å². The lowest BCUT2D eigenvalue weighted by Crippen LogP contribution is -2.32. The van der Waals surface area contributed by atoms with Crippen LogP contribution in [0.15, 0.2) is 66.7 Å². The molecule has 0 aliphatic carbocycles. The highest BCUT2D eigenvalue weighted by Gasteiger charge is 2.51. The molecule has 0 radical (unpaired) electrons. The average molecular weight is 345 g/mol. The van der Waals surface area contributed by atoms with E-state index in [1.807, 2.05) is 35.2 Å². The molecular formula is C22H19NO3. The van der Waals surface area contributed by atoms with E-state index in [1.54, 1.807) is 24.3 Å². The normalized spacial score (nSPS) is 28.4. The maximum Gasteiger partial charge on any atom is 0.254 e. The smallest absolute Gasteiger partial charge is 0.254 e. The molecule has 26 heavy (non-hydrogen) atoms. The number of hydrogen-bond donors (Lipinski definition) is 0. The first kappa shape index (κ1) is 15.5. The van der Waals surface area contributed by atoms with Crippen LogP contribution in [0.25, 0.3) is 0 Å². The van der Waals surface area contributed by atoms with E-state index >= 15 is 0 Å². The number of carbonyl (C=O) groups is 2. The van der Waals surface area contributed by atoms with Gasteiger partial charge in [-0.25, -0.2) is 0 Å². The maximum atomic E-state index is 13.2. The number of ether oxygens (including phenoxy) is 1. The van der Waals surface area contributed by atoms with E-state index in [-0.39, 0.29) is 23.9 Å². The summed E-state index contributed by atoms with van der Waals surface area (Å²) in [5.74, 6) is 0.592. The Hall–Kier alpha value is -2.72. The summed E-state index contributed by atoms with van der Waals surface area (Å²) < 4.78 is 5.89. The summed E-state index contributed by atoms with van der Waals surface area (Å²) in [6, 6.07) is 16.2. The zero-order valence-electron chi connectivity index (χ0n) is 14.2. The van der Waals surface area contributed by atoms with E-state index in [9.17, 15) is 9.59 Å². The minimum atomic E-state index is -0.112. The van der Waals surface area contributed by atoms with E-state index in [2.05, 4.69) is 12.2 Å². The molecule has 3 aliphatic rings. The van der Waals surface area contributed by atoms with Gasteiger partial charge in [0.15, 0.2) is 5.78 Å². The average Bonchev–Trinajstić information content (AvgIpc) is 3.40. The monoisotopic (exact) mass is 345 g/mol. The standard InChI is InChI=1S/C22H19NO3/c24-21(14-6-2-1-3-7-14)15-8-4-5-9-16(15)22(25)23-12-17-18(13-23)20-11-10-19(17)26-20/h1-11,17-20H,12-13H2. The van der Waals surface area contributed by atoms with Crippen molar-refractivity contribution in [3.8, 4) is 0 Å². The van der Waals surface area contributed by atoms with Crippen LogP contribution in [0.2, 0.25) is 0 Å². The predicted octanol–water partition coefficient (Wildman–Crippen LogP) is 2.94. The number of carbonyl (C=O) groups excluding carboxylic acids is 2. The van der Waals surface area contributed by atoms with Crippen LogP contribution in [0.1, 0.15) is 26.3 Å². The van der Waals surface area contributed by atoms with Crippen molar-refractivity contribution in [3.05, 3.63) is 83.4 Å². The SMILES string of the molecule is O=C(c1ccccc1)c1ccccc1C(=O)N1CC2C3C=CC(O3)C2C1. The number of benzene rings is 2. The lowest BCUT2D eigenvalue weighted by Gasteiger charge is -2.20. The van der Waals surface area contributed by atoms with Gasteiger partial charge in [-0.2, -0.15) is 0 Å². The van der Waals surface area contributed by atoms with Crippen molar-refractivity contribution in [2.45, 2.75) is 12.2 Å². The Balaban J connectivity index is 1.43. The van der Waals surface area contributed by atoms with E-state index in [0.717, 1.165) is 0 Å². The minimum Gasteiger partial charge on any atom is -0.366 e. The highest BCUT2D eigenvalue weighted by atomic mass is 16.5. The third-order valence-electron chi connectivity index (χ3n) is 5.79. The first-order valence-electron chi connectivity index (χ1n) is 9.04. The largest absolute Gasteiger partial charge is 0.366 e. The second-order valence-electron chi connectivity index (χ2n) is 7.23. The van der Waals surface area contributed by atoms with E-state index in [0.29, 0.717) is 41.6 Å². The fourth-order valence-electron chi connectivity index (χ4n) is 4.48. The summed E-state index contributed by atoms with van der Waals surface area (Å²) in [6.45, 7) is 1.39. The Labute approximate surface area is 152 Å². The number of rotatable bonds is 3. The lowest BCUT2D eigenvalue weighted by molar-refractivity contribution is 0.0653. The summed E-state index contributed by atoms with van der Waals surface area (Å²) in [4.78, 5) is 28.0. The number of fused-ring (bicyclic) bond motifs is 5. The number of hydrogen-bond acceptors (Lipinski definition) is 3. The quantitative estimate of drug-likeness (QED) is 0.635. The Kier molecular flexibility index (Phi) is 3.54. The number of likely N-dealkylation sites (tertiary alicyclic amines) is 1. The van der Waals surface area contributed by atoms with Gasteiger partial charge in [0.05, 0.1) is 17.8 Å². The molecule has 0 saturated carbocycles. The molecule has 2 aromatic rings. The van der Waals surface area contributed by atoms with Crippen molar-refractivity contribution in [1.29, 1.82) is 0 Å². The third-order valence-corrected chi connectivity index (χ3v) is 5.79. The van der Waals surface area contributed by atoms with Gasteiger partial charge in [-0.05, 0) is 6.07 Å². The molecule has 0 spiro atoms. The van der Waals surface area contributed by atoms with Gasteiger partial charge in [0.1, 0.15) is 0 Å². The molecule has 130 valence electrons. The second kappa shape index (κ2) is 5.92. The lowest BCUT2D eigenvalue weighted by atomic mass is 9.86. The van der Waals surface area contributed by atoms with Crippen LogP contribution in [0, 0.1) is 11.8 Å². The summed E-state index contributed by atoms with van der Waals surface area (Å²) in [5.41, 5.74) is 1.56. The summed E-state index contributed by atoms with van der Waals surface area (Å²) >= 11 is 0. The van der Waals surface area contributed by atoms with Crippen molar-refractivity contribution >= 4 is 11.7 Å². The van der Waals surface area contributed by atoms with Crippen molar-refractivity contribution < 1.29 is 14.3 Å². The van der Waals surface area contributed by atoms with Gasteiger partial charge in [0, 0.05) is 36.1 Å². The molecule has 2 fully saturated rings. The van der Waals surface area contributed by atoms with Crippen molar-refractivity contribution in [1.82, 2.24) is 4.90 Å². The summed E-state index contributed by atoms with van der Waals surface area (Å²) in [7, 11) is 0. The molecule has 2 aromatic carbocycles. The number of ketones is 1. The highest BCUT2D eigenvalue weighted by Crippen LogP contribution is 2.43. The molecule has 4 nitrogen and oxygen atoms in total. The molecule has 0 aromatic heterocycles. The van der Waals surface area contributed by atoms with Crippen LogP contribution < -0.4 is 0 Å². The Morgan fingerprint density at radius 3 is 2.04 bits per heavy atom. The Morgan fingerprint density at radius 1 is 0.808 bits per heavy atom. The molecule has 4 atom stereocenters. The number of nitrogens with zero attached hydrogens (tertiary/aromatic N) is 1. The molecule has 0 N–H and O–H groups in total. The maximum absolute atomic E-state index is 13.2. The highest BCUT2D eigenvalue weighted by molar-refractivity contribution is 6.15. The van der Waals surface area contributed by atoms with Gasteiger partial charge in [0.2, 0.25) is 0 Å². The van der Waals surface area contributed by atoms with E-state index < -0.39 is 0 Å². The topological polar surface area (TPSA) is 46.6 Å². The van der Waals surface area contributed by atoms with Crippen LogP contribution in [0.5, 0.6) is 0 Å². The van der Waals surface area contributed by atoms with Gasteiger partial charge >= 0.3 is 0 Å². The van der Waals surface area contributed by atoms with Crippen LogP contribution in [-0.4, -0.2) is 41.9 Å². The van der Waals surface area contributed by atoms with Crippen molar-refractivity contribution in [2.75, 3.05) is 13.1 Å². The molecule has 4 unspecified atom stereocenters. The van der Waals surface area contributed by atoms with Crippen LogP contribution in [0.4, 0.5) is 0 Å². The molecular weight excluding hydrogens is 326 g/mol. The van der Waals surface area contributed by atoms with Crippen LogP contribution in [0.3, 0.4) is 0 Å². The van der Waals surface area contributed by atoms with Crippen LogP contribution >= 0.6 is 0 Å². The molecule has 3 heterocycles. The van der Waals surface area contributed by atoms with Crippen molar-refractivity contribution in [2.24, 2.45) is 11.8 Å². The molecule has 3 aliphatic heterocycles. The first-order valence-corrected chi connectivity index (χ1v) is 9.04. The van der Waals surface area contributed by atoms with Gasteiger partial charge in [-0.1, -0.05) is 60.7 Å². The zero-order valence-corrected chi connectivity index (χ0v) is 14.2. The molecule has 1 amide bonds. The minimum absolute atomic E-state index is 0.0568. The van der Waals surface area contributed by atoms with E-state index in [4.69, 9.17) is 4.74 Å². The summed E-state index contributed by atoms with van der Waals surface area (Å²) in [5, 5.41) is 0. The van der Waals surface area contributed by atoms with Crippen LogP contribution in [-0.2, 0) is 4.74 Å². The fourth-order valence-corrected chi connectivity index (χ4v) is 4.48. The third kappa shape index (κ3) is 2.33. The second-order valence-corrected chi connectivity index (χ2v) is 7.23. The Bertz CT molecular complexity index is 885. The molecule has 2 saturated heterocycles. The number of amides is 1. The molecule has 4 heteroatoms. The van der Waals surface area contributed by atoms with Gasteiger partial charge < -0.3 is 9.64 Å². The first-order chi connectivity index (χ1) is 12.7. The zero-order chi connectivity index (χ0) is 17.7. The van der Waals surface area contributed by atoms with Gasteiger partial charge in [-0.15, -0.1) is 0 Å². The van der Waals surface area contributed by atoms with Crippen molar-refractivity contribution in [3.63, 3.8) is 0 Å². The summed E-state index contributed by atoms with van der Waals surface area (Å²) in [6.07, 6.45) is 4.52. The van der Waals surface area contributed by atoms with Gasteiger partial charge in [-0.3, -0.25) is 9.59 Å². The van der Waals surface area contributed by atoms with Gasteiger partial charge in [0.25, 0.3) is 5.91 Å². The predicted molar refractivity (Wildman–Crippen MR) is 97.0 cm³/mol. The fraction of sp³-hybridized carbons (Fsp3) is 0.273. The molecule has 5 rings (SSSR count). The molecule has 2 bridgehead atoms. The Morgan fingerprint density at radius 2 is 1.38 bits per heavy atom.